The smallest absolute Gasteiger partial charge is 0.143 e. The molecule has 0 aromatic heterocycles. The number of Topliss-reactive ketones (excluding diaryl/α,β-unsaturated/α-hetero) is 2. The van der Waals surface area contributed by atoms with Crippen molar-refractivity contribution in [1.29, 1.82) is 0 Å². The Balaban J connectivity index is 2.09. The van der Waals surface area contributed by atoms with Gasteiger partial charge in [0.15, 0.2) is 0 Å². The van der Waals surface area contributed by atoms with Gasteiger partial charge in [0.1, 0.15) is 11.6 Å². The van der Waals surface area contributed by atoms with E-state index in [-0.39, 0.29) is 23.9 Å². The average Bonchev–Trinajstić information content (AvgIpc) is 2.00. The van der Waals surface area contributed by atoms with Gasteiger partial charge in [-0.1, -0.05) is 26.2 Å². The molecule has 0 spiro atoms. The summed E-state index contributed by atoms with van der Waals surface area (Å²) in [5.41, 5.74) is 0. The van der Waals surface area contributed by atoms with Crippen molar-refractivity contribution >= 4 is 11.6 Å². The Morgan fingerprint density at radius 1 is 1.21 bits per heavy atom. The fraction of sp³-hybridized carbons (Fsp3) is 0.833. The minimum atomic E-state index is 0.148. The number of carbonyl (C=O) groups is 2. The highest BCUT2D eigenvalue weighted by Gasteiger charge is 2.26. The molecule has 0 aromatic rings. The van der Waals surface area contributed by atoms with E-state index in [1.165, 1.54) is 6.42 Å². The van der Waals surface area contributed by atoms with E-state index in [1.807, 2.05) is 0 Å². The molecule has 0 heterocycles. The maximum Gasteiger partial charge on any atom is 0.143 e. The summed E-state index contributed by atoms with van der Waals surface area (Å²) in [6, 6.07) is 0. The lowest BCUT2D eigenvalue weighted by atomic mass is 9.80. The number of unbranched alkanes of at least 4 members (excludes halogenated alkanes) is 2. The normalized spacial score (nSPS) is 16.4. The summed E-state index contributed by atoms with van der Waals surface area (Å²) in [7, 11) is 0. The zero-order valence-electron chi connectivity index (χ0n) is 9.05. The topological polar surface area (TPSA) is 34.1 Å². The molecule has 2 heteroatoms. The van der Waals surface area contributed by atoms with Gasteiger partial charge in [-0.15, -0.1) is 0 Å². The lowest BCUT2D eigenvalue weighted by Gasteiger charge is -2.23. The monoisotopic (exact) mass is 196 g/mol. The van der Waals surface area contributed by atoms with E-state index in [4.69, 9.17) is 0 Å². The van der Waals surface area contributed by atoms with Crippen LogP contribution in [0.4, 0.5) is 0 Å². The predicted molar refractivity (Wildman–Crippen MR) is 56.1 cm³/mol. The molecule has 0 saturated heterocycles. The number of carbonyl (C=O) groups excluding carboxylic acids is 2. The van der Waals surface area contributed by atoms with Crippen molar-refractivity contribution in [2.24, 2.45) is 5.92 Å². The van der Waals surface area contributed by atoms with Crippen LogP contribution >= 0.6 is 0 Å². The van der Waals surface area contributed by atoms with Crippen LogP contribution in [-0.4, -0.2) is 11.6 Å². The minimum absolute atomic E-state index is 0.148. The largest absolute Gasteiger partial charge is 0.299 e. The van der Waals surface area contributed by atoms with E-state index in [0.29, 0.717) is 6.42 Å². The maximum atomic E-state index is 11.4. The first-order chi connectivity index (χ1) is 6.74. The second-order valence-corrected chi connectivity index (χ2v) is 4.27. The Morgan fingerprint density at radius 3 is 2.43 bits per heavy atom. The third-order valence-corrected chi connectivity index (χ3v) is 2.99. The lowest BCUT2D eigenvalue weighted by Crippen LogP contribution is -2.24. The maximum absolute atomic E-state index is 11.4. The Morgan fingerprint density at radius 2 is 1.93 bits per heavy atom. The first-order valence-corrected chi connectivity index (χ1v) is 5.78. The molecule has 0 unspecified atom stereocenters. The summed E-state index contributed by atoms with van der Waals surface area (Å²) < 4.78 is 0. The highest BCUT2D eigenvalue weighted by atomic mass is 16.1. The van der Waals surface area contributed by atoms with Crippen molar-refractivity contribution in [2.45, 2.75) is 58.3 Å². The highest BCUT2D eigenvalue weighted by molar-refractivity contribution is 6.00. The van der Waals surface area contributed by atoms with E-state index in [0.717, 1.165) is 32.1 Å². The van der Waals surface area contributed by atoms with Crippen LogP contribution in [0.5, 0.6) is 0 Å². The summed E-state index contributed by atoms with van der Waals surface area (Å²) in [4.78, 5) is 22.8. The molecule has 0 aromatic carbocycles. The van der Waals surface area contributed by atoms with Crippen molar-refractivity contribution in [1.82, 2.24) is 0 Å². The molecule has 0 radical (unpaired) electrons. The molecule has 14 heavy (non-hydrogen) atoms. The van der Waals surface area contributed by atoms with Gasteiger partial charge >= 0.3 is 0 Å². The van der Waals surface area contributed by atoms with Gasteiger partial charge in [0.05, 0.1) is 6.42 Å². The third-order valence-electron chi connectivity index (χ3n) is 2.99. The first-order valence-electron chi connectivity index (χ1n) is 5.78. The van der Waals surface area contributed by atoms with Gasteiger partial charge in [-0.2, -0.15) is 0 Å². The fourth-order valence-corrected chi connectivity index (χ4v) is 1.73. The Kier molecular flexibility index (Phi) is 4.85. The molecule has 0 amide bonds. The van der Waals surface area contributed by atoms with E-state index < -0.39 is 0 Å². The number of ketones is 2. The molecule has 1 aliphatic carbocycles. The summed E-state index contributed by atoms with van der Waals surface area (Å²) in [6.45, 7) is 2.12. The molecule has 1 aliphatic rings. The van der Waals surface area contributed by atoms with Crippen LogP contribution in [0.2, 0.25) is 0 Å². The lowest BCUT2D eigenvalue weighted by molar-refractivity contribution is -0.130. The Labute approximate surface area is 86.1 Å². The van der Waals surface area contributed by atoms with E-state index in [2.05, 4.69) is 6.92 Å². The molecular formula is C12H20O2. The summed E-state index contributed by atoms with van der Waals surface area (Å²) in [5, 5.41) is 0. The van der Waals surface area contributed by atoms with Gasteiger partial charge in [0.25, 0.3) is 0 Å². The molecular weight excluding hydrogens is 176 g/mol. The third kappa shape index (κ3) is 3.60. The summed E-state index contributed by atoms with van der Waals surface area (Å²) in [5.74, 6) is 0.568. The first kappa shape index (κ1) is 11.4. The molecule has 80 valence electrons. The van der Waals surface area contributed by atoms with Gasteiger partial charge < -0.3 is 0 Å². The number of hydrogen-bond donors (Lipinski definition) is 0. The van der Waals surface area contributed by atoms with Crippen molar-refractivity contribution in [3.05, 3.63) is 0 Å². The number of hydrogen-bond acceptors (Lipinski definition) is 2. The van der Waals surface area contributed by atoms with Crippen LogP contribution in [0, 0.1) is 5.92 Å². The van der Waals surface area contributed by atoms with E-state index in [9.17, 15) is 9.59 Å². The molecule has 2 nitrogen and oxygen atoms in total. The SMILES string of the molecule is CCCCCC(=O)CC(=O)C1CCC1. The van der Waals surface area contributed by atoms with Gasteiger partial charge in [0.2, 0.25) is 0 Å². The van der Waals surface area contributed by atoms with Crippen LogP contribution in [-0.2, 0) is 9.59 Å². The molecule has 1 saturated carbocycles. The Bertz CT molecular complexity index is 204. The molecule has 0 atom stereocenters. The van der Waals surface area contributed by atoms with Gasteiger partial charge in [-0.25, -0.2) is 0 Å². The van der Waals surface area contributed by atoms with E-state index >= 15 is 0 Å². The van der Waals surface area contributed by atoms with Crippen LogP contribution in [0.15, 0.2) is 0 Å². The zero-order valence-corrected chi connectivity index (χ0v) is 9.05. The van der Waals surface area contributed by atoms with Crippen molar-refractivity contribution in [3.8, 4) is 0 Å². The fourth-order valence-electron chi connectivity index (χ4n) is 1.73. The van der Waals surface area contributed by atoms with Gasteiger partial charge in [0, 0.05) is 12.3 Å². The van der Waals surface area contributed by atoms with Crippen LogP contribution < -0.4 is 0 Å². The van der Waals surface area contributed by atoms with Crippen LogP contribution in [0.1, 0.15) is 58.3 Å². The quantitative estimate of drug-likeness (QED) is 0.463. The zero-order chi connectivity index (χ0) is 10.4. The number of rotatable bonds is 7. The highest BCUT2D eigenvalue weighted by Crippen LogP contribution is 2.28. The molecule has 0 N–H and O–H groups in total. The molecule has 1 fully saturated rings. The van der Waals surface area contributed by atoms with Crippen molar-refractivity contribution in [2.75, 3.05) is 0 Å². The Hall–Kier alpha value is -0.660. The second kappa shape index (κ2) is 5.94. The predicted octanol–water partition coefficient (Wildman–Crippen LogP) is 2.90. The average molecular weight is 196 g/mol. The summed E-state index contributed by atoms with van der Waals surface area (Å²) in [6.07, 6.45) is 7.18. The minimum Gasteiger partial charge on any atom is -0.299 e. The van der Waals surface area contributed by atoms with Crippen molar-refractivity contribution in [3.63, 3.8) is 0 Å². The van der Waals surface area contributed by atoms with E-state index in [1.54, 1.807) is 0 Å². The van der Waals surface area contributed by atoms with Gasteiger partial charge in [-0.3, -0.25) is 9.59 Å². The second-order valence-electron chi connectivity index (χ2n) is 4.27. The van der Waals surface area contributed by atoms with Crippen LogP contribution in [0.3, 0.4) is 0 Å². The molecule has 1 rings (SSSR count). The molecule has 0 aliphatic heterocycles. The van der Waals surface area contributed by atoms with Crippen LogP contribution in [0.25, 0.3) is 0 Å². The molecule has 0 bridgehead atoms. The van der Waals surface area contributed by atoms with Crippen molar-refractivity contribution < 1.29 is 9.59 Å². The van der Waals surface area contributed by atoms with Gasteiger partial charge in [-0.05, 0) is 19.3 Å². The summed E-state index contributed by atoms with van der Waals surface area (Å²) >= 11 is 0. The standard InChI is InChI=1S/C12H20O2/c1-2-3-4-8-11(13)9-12(14)10-6-5-7-10/h10H,2-9H2,1H3.